The molecule has 186 valence electrons. The molecule has 37 heavy (non-hydrogen) atoms. The van der Waals surface area contributed by atoms with Gasteiger partial charge in [0.2, 0.25) is 5.91 Å². The van der Waals surface area contributed by atoms with Crippen LogP contribution in [0, 0.1) is 0 Å². The second-order valence-corrected chi connectivity index (χ2v) is 9.64. The van der Waals surface area contributed by atoms with Gasteiger partial charge in [0.1, 0.15) is 12.4 Å². The Kier molecular flexibility index (Phi) is 5.73. The Balaban J connectivity index is 1.26. The molecule has 1 aromatic heterocycles. The quantitative estimate of drug-likeness (QED) is 0.423. The number of tetrazole rings is 1. The molecule has 1 aliphatic heterocycles. The number of likely N-dealkylation sites (tertiary alicyclic amines) is 1. The number of hydrogen-bond donors (Lipinski definition) is 2. The SMILES string of the molecule is O=C(NCc1cc(Cl)ccc1-n1cnnn1)[C@@H]1CCCN1C(=O)C1(O)c2ccccc2-c2ccccc21. The molecule has 2 amide bonds. The van der Waals surface area contributed by atoms with Crippen LogP contribution in [-0.2, 0) is 21.7 Å². The van der Waals surface area contributed by atoms with Crippen LogP contribution in [-0.4, -0.2) is 54.6 Å². The molecule has 1 saturated heterocycles. The van der Waals surface area contributed by atoms with Gasteiger partial charge in [0.15, 0.2) is 5.60 Å². The average Bonchev–Trinajstić information content (AvgIpc) is 3.68. The second-order valence-electron chi connectivity index (χ2n) is 9.20. The Labute approximate surface area is 217 Å². The van der Waals surface area contributed by atoms with Crippen LogP contribution in [0.1, 0.15) is 29.5 Å². The van der Waals surface area contributed by atoms with Crippen molar-refractivity contribution in [2.45, 2.75) is 31.0 Å². The summed E-state index contributed by atoms with van der Waals surface area (Å²) in [6.45, 7) is 0.555. The zero-order chi connectivity index (χ0) is 25.6. The molecule has 0 radical (unpaired) electrons. The summed E-state index contributed by atoms with van der Waals surface area (Å²) in [5, 5.41) is 26.7. The second kappa shape index (κ2) is 9.10. The summed E-state index contributed by atoms with van der Waals surface area (Å²) in [5.41, 5.74) is 2.28. The lowest BCUT2D eigenvalue weighted by Gasteiger charge is -2.32. The lowest BCUT2D eigenvalue weighted by Crippen LogP contribution is -2.52. The summed E-state index contributed by atoms with van der Waals surface area (Å²) in [6.07, 6.45) is 2.63. The van der Waals surface area contributed by atoms with Gasteiger partial charge in [-0.15, -0.1) is 5.10 Å². The number of aliphatic hydroxyl groups is 1. The fourth-order valence-corrected chi connectivity index (χ4v) is 5.62. The van der Waals surface area contributed by atoms with E-state index in [4.69, 9.17) is 11.6 Å². The van der Waals surface area contributed by atoms with E-state index in [-0.39, 0.29) is 12.5 Å². The number of halogens is 1. The summed E-state index contributed by atoms with van der Waals surface area (Å²) in [7, 11) is 0. The molecule has 4 aromatic rings. The van der Waals surface area contributed by atoms with Crippen molar-refractivity contribution in [2.24, 2.45) is 0 Å². The molecule has 0 bridgehead atoms. The van der Waals surface area contributed by atoms with Gasteiger partial charge in [-0.3, -0.25) is 9.59 Å². The molecule has 2 aliphatic rings. The Morgan fingerprint density at radius 1 is 1.05 bits per heavy atom. The zero-order valence-corrected chi connectivity index (χ0v) is 20.5. The van der Waals surface area contributed by atoms with Gasteiger partial charge in [-0.25, -0.2) is 4.68 Å². The van der Waals surface area contributed by atoms with Crippen LogP contribution in [0.2, 0.25) is 5.02 Å². The summed E-state index contributed by atoms with van der Waals surface area (Å²) in [6, 6.07) is 19.3. The highest BCUT2D eigenvalue weighted by atomic mass is 35.5. The largest absolute Gasteiger partial charge is 0.372 e. The minimum absolute atomic E-state index is 0.170. The van der Waals surface area contributed by atoms with Crippen LogP contribution < -0.4 is 5.32 Å². The molecule has 0 spiro atoms. The lowest BCUT2D eigenvalue weighted by molar-refractivity contribution is -0.151. The molecule has 1 atom stereocenters. The van der Waals surface area contributed by atoms with Crippen LogP contribution in [0.4, 0.5) is 0 Å². The van der Waals surface area contributed by atoms with Gasteiger partial charge in [0.25, 0.3) is 5.91 Å². The molecule has 2 N–H and O–H groups in total. The monoisotopic (exact) mass is 514 g/mol. The van der Waals surface area contributed by atoms with E-state index in [1.54, 1.807) is 30.3 Å². The van der Waals surface area contributed by atoms with Crippen molar-refractivity contribution in [1.82, 2.24) is 30.4 Å². The van der Waals surface area contributed by atoms with E-state index in [1.807, 2.05) is 36.4 Å². The number of rotatable bonds is 5. The summed E-state index contributed by atoms with van der Waals surface area (Å²) < 4.78 is 1.49. The van der Waals surface area contributed by atoms with Gasteiger partial charge in [-0.2, -0.15) is 0 Å². The Morgan fingerprint density at radius 3 is 2.43 bits per heavy atom. The van der Waals surface area contributed by atoms with Gasteiger partial charge >= 0.3 is 0 Å². The van der Waals surface area contributed by atoms with Crippen molar-refractivity contribution < 1.29 is 14.7 Å². The number of hydrogen-bond acceptors (Lipinski definition) is 6. The van der Waals surface area contributed by atoms with Gasteiger partial charge < -0.3 is 15.3 Å². The molecule has 1 aliphatic carbocycles. The third kappa shape index (κ3) is 3.78. The minimum Gasteiger partial charge on any atom is -0.372 e. The first-order chi connectivity index (χ1) is 18.0. The van der Waals surface area contributed by atoms with Gasteiger partial charge in [-0.1, -0.05) is 60.1 Å². The number of amides is 2. The summed E-state index contributed by atoms with van der Waals surface area (Å²) in [4.78, 5) is 28.9. The summed E-state index contributed by atoms with van der Waals surface area (Å²) >= 11 is 6.20. The fraction of sp³-hybridized carbons (Fsp3) is 0.222. The molecular weight excluding hydrogens is 492 g/mol. The van der Waals surface area contributed by atoms with Crippen molar-refractivity contribution in [1.29, 1.82) is 0 Å². The third-order valence-corrected chi connectivity index (χ3v) is 7.38. The molecule has 2 heterocycles. The smallest absolute Gasteiger partial charge is 0.264 e. The molecular formula is C27H23ClN6O3. The number of nitrogens with zero attached hydrogens (tertiary/aromatic N) is 5. The Morgan fingerprint density at radius 2 is 1.76 bits per heavy atom. The van der Waals surface area contributed by atoms with Gasteiger partial charge in [0, 0.05) is 29.2 Å². The minimum atomic E-state index is -1.85. The normalized spacial score (nSPS) is 17.4. The maximum Gasteiger partial charge on any atom is 0.264 e. The maximum atomic E-state index is 14.0. The average molecular weight is 515 g/mol. The highest BCUT2D eigenvalue weighted by Gasteiger charge is 2.52. The van der Waals surface area contributed by atoms with E-state index < -0.39 is 17.6 Å². The van der Waals surface area contributed by atoms with Crippen molar-refractivity contribution in [3.05, 3.63) is 94.8 Å². The number of fused-ring (bicyclic) bond motifs is 3. The van der Waals surface area contributed by atoms with Crippen LogP contribution in [0.15, 0.2) is 73.1 Å². The molecule has 3 aromatic carbocycles. The molecule has 6 rings (SSSR count). The van der Waals surface area contributed by atoms with E-state index in [2.05, 4.69) is 20.8 Å². The third-order valence-electron chi connectivity index (χ3n) is 7.14. The molecule has 1 fully saturated rings. The number of aromatic nitrogens is 4. The van der Waals surface area contributed by atoms with E-state index in [9.17, 15) is 14.7 Å². The Hall–Kier alpha value is -4.08. The zero-order valence-electron chi connectivity index (χ0n) is 19.7. The maximum absolute atomic E-state index is 14.0. The van der Waals surface area contributed by atoms with Crippen LogP contribution in [0.3, 0.4) is 0 Å². The molecule has 0 unspecified atom stereocenters. The molecule has 9 nitrogen and oxygen atoms in total. The van der Waals surface area contributed by atoms with E-state index >= 15 is 0 Å². The van der Waals surface area contributed by atoms with Crippen molar-refractivity contribution in [3.63, 3.8) is 0 Å². The number of carbonyl (C=O) groups excluding carboxylic acids is 2. The first-order valence-corrected chi connectivity index (χ1v) is 12.4. The molecule has 0 saturated carbocycles. The first-order valence-electron chi connectivity index (χ1n) is 12.0. The van der Waals surface area contributed by atoms with E-state index in [0.29, 0.717) is 41.2 Å². The first kappa shape index (κ1) is 23.3. The van der Waals surface area contributed by atoms with Crippen molar-refractivity contribution >= 4 is 23.4 Å². The topological polar surface area (TPSA) is 113 Å². The predicted octanol–water partition coefficient (Wildman–Crippen LogP) is 2.84. The highest BCUT2D eigenvalue weighted by molar-refractivity contribution is 6.30. The van der Waals surface area contributed by atoms with Gasteiger partial charge in [0.05, 0.1) is 5.69 Å². The van der Waals surface area contributed by atoms with Crippen LogP contribution in [0.25, 0.3) is 16.8 Å². The van der Waals surface area contributed by atoms with Crippen LogP contribution in [0.5, 0.6) is 0 Å². The standard InChI is InChI=1S/C27H23ClN6O3/c28-18-11-12-23(34-16-30-31-32-34)17(14-18)15-29-25(35)24-10-5-13-33(24)26(36)27(37)21-8-3-1-6-19(21)20-7-2-4-9-22(20)27/h1-4,6-9,11-12,14,16,24,37H,5,10,13,15H2,(H,29,35)/t24-/m0/s1. The predicted molar refractivity (Wildman–Crippen MR) is 136 cm³/mol. The fourth-order valence-electron chi connectivity index (χ4n) is 5.42. The Bertz CT molecular complexity index is 1460. The highest BCUT2D eigenvalue weighted by Crippen LogP contribution is 2.48. The lowest BCUT2D eigenvalue weighted by atomic mass is 9.89. The van der Waals surface area contributed by atoms with Crippen molar-refractivity contribution in [2.75, 3.05) is 6.54 Å². The van der Waals surface area contributed by atoms with E-state index in [0.717, 1.165) is 16.7 Å². The number of benzene rings is 3. The summed E-state index contributed by atoms with van der Waals surface area (Å²) in [5.74, 6) is -0.781. The van der Waals surface area contributed by atoms with Crippen LogP contribution >= 0.6 is 11.6 Å². The van der Waals surface area contributed by atoms with Gasteiger partial charge in [-0.05, 0) is 58.2 Å². The molecule has 10 heteroatoms. The van der Waals surface area contributed by atoms with E-state index in [1.165, 1.54) is 15.9 Å². The van der Waals surface area contributed by atoms with Crippen molar-refractivity contribution in [3.8, 4) is 16.8 Å². The number of nitrogens with one attached hydrogen (secondary N) is 1. The number of carbonyl (C=O) groups is 2.